The predicted molar refractivity (Wildman–Crippen MR) is 132 cm³/mol. The van der Waals surface area contributed by atoms with Gasteiger partial charge in [-0.2, -0.15) is 0 Å². The second-order valence-electron chi connectivity index (χ2n) is 8.75. The molecule has 4 atom stereocenters. The first kappa shape index (κ1) is 28.4. The fourth-order valence-corrected chi connectivity index (χ4v) is 3.91. The molecule has 1 aromatic carbocycles. The van der Waals surface area contributed by atoms with Crippen molar-refractivity contribution in [2.45, 2.75) is 63.2 Å². The molecule has 0 spiro atoms. The molecule has 0 radical (unpaired) electrons. The molecule has 0 aliphatic carbocycles. The second kappa shape index (κ2) is 13.3. The van der Waals surface area contributed by atoms with E-state index in [-0.39, 0.29) is 31.1 Å². The van der Waals surface area contributed by atoms with Gasteiger partial charge in [0.25, 0.3) is 0 Å². The number of phenols is 1. The maximum Gasteiger partial charge on any atom is 0.325 e. The van der Waals surface area contributed by atoms with Crippen molar-refractivity contribution in [3.05, 3.63) is 29.8 Å². The second-order valence-corrected chi connectivity index (χ2v) is 8.75. The summed E-state index contributed by atoms with van der Waals surface area (Å²) in [6, 6.07) is 2.44. The third-order valence-electron chi connectivity index (χ3n) is 5.86. The smallest absolute Gasteiger partial charge is 0.325 e. The van der Waals surface area contributed by atoms with E-state index in [1.807, 2.05) is 0 Å². The third kappa shape index (κ3) is 8.41. The monoisotopic (exact) mass is 505 g/mol. The van der Waals surface area contributed by atoms with Gasteiger partial charge in [-0.15, -0.1) is 0 Å². The molecular formula is C23H35N7O6. The number of aliphatic imine (C=N–C) groups is 1. The molecule has 4 unspecified atom stereocenters. The number of benzene rings is 1. The van der Waals surface area contributed by atoms with Crippen LogP contribution >= 0.6 is 0 Å². The van der Waals surface area contributed by atoms with E-state index >= 15 is 0 Å². The zero-order chi connectivity index (χ0) is 26.8. The SMILES string of the molecule is CC(NC(=O)C(CCCN=C(N)N)NC(=O)C1CCCN1C(=O)C(N)Cc1ccc(O)cc1)C(=O)O. The Balaban J connectivity index is 2.06. The molecule has 13 nitrogen and oxygen atoms in total. The Morgan fingerprint density at radius 3 is 2.44 bits per heavy atom. The van der Waals surface area contributed by atoms with Crippen LogP contribution in [0.1, 0.15) is 38.2 Å². The number of likely N-dealkylation sites (tertiary alicyclic amines) is 1. The molecule has 13 heteroatoms. The molecule has 10 N–H and O–H groups in total. The molecular weight excluding hydrogens is 470 g/mol. The van der Waals surface area contributed by atoms with Crippen molar-refractivity contribution in [3.63, 3.8) is 0 Å². The van der Waals surface area contributed by atoms with Gasteiger partial charge in [-0.1, -0.05) is 12.1 Å². The molecule has 198 valence electrons. The lowest BCUT2D eigenvalue weighted by atomic mass is 10.0. The van der Waals surface area contributed by atoms with E-state index in [0.717, 1.165) is 5.56 Å². The van der Waals surface area contributed by atoms with Gasteiger partial charge < -0.3 is 42.9 Å². The number of hydrogen-bond donors (Lipinski definition) is 7. The molecule has 36 heavy (non-hydrogen) atoms. The van der Waals surface area contributed by atoms with Gasteiger partial charge in [0.05, 0.1) is 6.04 Å². The number of aliphatic carboxylic acids is 1. The van der Waals surface area contributed by atoms with Gasteiger partial charge in [0.15, 0.2) is 5.96 Å². The minimum Gasteiger partial charge on any atom is -0.508 e. The lowest BCUT2D eigenvalue weighted by molar-refractivity contribution is -0.142. The number of hydrogen-bond acceptors (Lipinski definition) is 7. The maximum atomic E-state index is 13.1. The molecule has 0 aromatic heterocycles. The van der Waals surface area contributed by atoms with Crippen LogP contribution in [-0.4, -0.2) is 82.0 Å². The van der Waals surface area contributed by atoms with Crippen LogP contribution in [0.15, 0.2) is 29.3 Å². The first-order valence-electron chi connectivity index (χ1n) is 11.7. The summed E-state index contributed by atoms with van der Waals surface area (Å²) < 4.78 is 0. The molecule has 1 heterocycles. The van der Waals surface area contributed by atoms with Gasteiger partial charge in [-0.3, -0.25) is 24.2 Å². The Bertz CT molecular complexity index is 964. The number of aromatic hydroxyl groups is 1. The summed E-state index contributed by atoms with van der Waals surface area (Å²) in [6.45, 7) is 1.87. The van der Waals surface area contributed by atoms with E-state index in [9.17, 15) is 24.3 Å². The standard InChI is InChI=1S/C23H35N7O6/c1-13(22(35)36)28-19(32)17(4-2-10-27-23(25)26)29-20(33)18-5-3-11-30(18)21(34)16(24)12-14-6-8-15(31)9-7-14/h6-9,13,16-18,31H,2-5,10-12,24H2,1H3,(H,28,32)(H,29,33)(H,35,36)(H4,25,26,27). The maximum absolute atomic E-state index is 13.1. The van der Waals surface area contributed by atoms with Crippen molar-refractivity contribution >= 4 is 29.7 Å². The largest absolute Gasteiger partial charge is 0.508 e. The van der Waals surface area contributed by atoms with Gasteiger partial charge in [0, 0.05) is 13.1 Å². The average molecular weight is 506 g/mol. The summed E-state index contributed by atoms with van der Waals surface area (Å²) in [5, 5.41) is 23.5. The van der Waals surface area contributed by atoms with E-state index in [0.29, 0.717) is 25.8 Å². The Morgan fingerprint density at radius 1 is 1.17 bits per heavy atom. The van der Waals surface area contributed by atoms with Crippen LogP contribution in [0.2, 0.25) is 0 Å². The van der Waals surface area contributed by atoms with Crippen LogP contribution < -0.4 is 27.8 Å². The molecule has 2 rings (SSSR count). The molecule has 3 amide bonds. The van der Waals surface area contributed by atoms with E-state index in [1.165, 1.54) is 24.0 Å². The summed E-state index contributed by atoms with van der Waals surface area (Å²) in [6.07, 6.45) is 1.72. The highest BCUT2D eigenvalue weighted by atomic mass is 16.4. The quantitative estimate of drug-likeness (QED) is 0.0982. The molecule has 0 saturated carbocycles. The van der Waals surface area contributed by atoms with Crippen molar-refractivity contribution < 1.29 is 29.4 Å². The van der Waals surface area contributed by atoms with Crippen LogP contribution in [0.25, 0.3) is 0 Å². The lowest BCUT2D eigenvalue weighted by Crippen LogP contribution is -2.56. The Kier molecular flexibility index (Phi) is 10.5. The van der Waals surface area contributed by atoms with Gasteiger partial charge in [-0.25, -0.2) is 0 Å². The van der Waals surface area contributed by atoms with Gasteiger partial charge >= 0.3 is 5.97 Å². The summed E-state index contributed by atoms with van der Waals surface area (Å²) >= 11 is 0. The minimum atomic E-state index is -1.22. The number of guanidine groups is 1. The van der Waals surface area contributed by atoms with Crippen LogP contribution in [0.5, 0.6) is 5.75 Å². The van der Waals surface area contributed by atoms with Gasteiger partial charge in [0.2, 0.25) is 17.7 Å². The van der Waals surface area contributed by atoms with Crippen LogP contribution in [-0.2, 0) is 25.6 Å². The number of nitrogens with zero attached hydrogens (tertiary/aromatic N) is 2. The fourth-order valence-electron chi connectivity index (χ4n) is 3.91. The third-order valence-corrected chi connectivity index (χ3v) is 5.86. The average Bonchev–Trinajstić information content (AvgIpc) is 3.31. The number of rotatable bonds is 12. The number of amides is 3. The topological polar surface area (TPSA) is 226 Å². The number of carboxylic acids is 1. The molecule has 1 saturated heterocycles. The highest BCUT2D eigenvalue weighted by Gasteiger charge is 2.37. The number of carbonyl (C=O) groups excluding carboxylic acids is 3. The molecule has 1 aromatic rings. The number of nitrogens with one attached hydrogen (secondary N) is 2. The normalized spacial score (nSPS) is 17.5. The summed E-state index contributed by atoms with van der Waals surface area (Å²) in [7, 11) is 0. The van der Waals surface area contributed by atoms with E-state index in [4.69, 9.17) is 22.3 Å². The zero-order valence-electron chi connectivity index (χ0n) is 20.2. The Morgan fingerprint density at radius 2 is 1.83 bits per heavy atom. The molecule has 1 aliphatic rings. The minimum absolute atomic E-state index is 0.101. The molecule has 1 aliphatic heterocycles. The Labute approximate surface area is 209 Å². The molecule has 1 fully saturated rings. The molecule has 0 bridgehead atoms. The first-order valence-corrected chi connectivity index (χ1v) is 11.7. The fraction of sp³-hybridized carbons (Fsp3) is 0.522. The van der Waals surface area contributed by atoms with Gasteiger partial charge in [0.1, 0.15) is 23.9 Å². The van der Waals surface area contributed by atoms with Crippen LogP contribution in [0.3, 0.4) is 0 Å². The number of nitrogens with two attached hydrogens (primary N) is 3. The summed E-state index contributed by atoms with van der Waals surface area (Å²) in [5.74, 6) is -2.81. The Hall–Kier alpha value is -3.87. The van der Waals surface area contributed by atoms with Crippen molar-refractivity contribution in [3.8, 4) is 5.75 Å². The number of phenolic OH excluding ortho intramolecular Hbond substituents is 1. The summed E-state index contributed by atoms with van der Waals surface area (Å²) in [4.78, 5) is 55.2. The first-order chi connectivity index (χ1) is 17.0. The zero-order valence-corrected chi connectivity index (χ0v) is 20.2. The van der Waals surface area contributed by atoms with E-state index < -0.39 is 47.9 Å². The van der Waals surface area contributed by atoms with Crippen LogP contribution in [0.4, 0.5) is 0 Å². The summed E-state index contributed by atoms with van der Waals surface area (Å²) in [5.41, 5.74) is 17.5. The predicted octanol–water partition coefficient (Wildman–Crippen LogP) is -1.62. The van der Waals surface area contributed by atoms with E-state index in [2.05, 4.69) is 15.6 Å². The number of carboxylic acid groups (broad SMARTS) is 1. The van der Waals surface area contributed by atoms with Crippen molar-refractivity contribution in [1.29, 1.82) is 0 Å². The van der Waals surface area contributed by atoms with Crippen molar-refractivity contribution in [2.24, 2.45) is 22.2 Å². The van der Waals surface area contributed by atoms with Crippen molar-refractivity contribution in [1.82, 2.24) is 15.5 Å². The van der Waals surface area contributed by atoms with E-state index in [1.54, 1.807) is 12.1 Å². The van der Waals surface area contributed by atoms with Crippen LogP contribution in [0, 0.1) is 0 Å². The lowest BCUT2D eigenvalue weighted by Gasteiger charge is -2.28. The highest BCUT2D eigenvalue weighted by molar-refractivity contribution is 5.94. The number of carbonyl (C=O) groups is 4. The van der Waals surface area contributed by atoms with Gasteiger partial charge in [-0.05, 0) is 56.7 Å². The van der Waals surface area contributed by atoms with Crippen molar-refractivity contribution in [2.75, 3.05) is 13.1 Å². The highest BCUT2D eigenvalue weighted by Crippen LogP contribution is 2.20.